The fourth-order valence-corrected chi connectivity index (χ4v) is 4.63. The molecule has 0 unspecified atom stereocenters. The molecule has 2 aromatic carbocycles. The summed E-state index contributed by atoms with van der Waals surface area (Å²) in [5.74, 6) is -0.687. The molecule has 10 heteroatoms. The lowest BCUT2D eigenvalue weighted by Gasteiger charge is -2.27. The summed E-state index contributed by atoms with van der Waals surface area (Å²) in [5, 5.41) is 0. The highest BCUT2D eigenvalue weighted by atomic mass is 32.2. The number of carbonyl (C=O) groups excluding carboxylic acids is 1. The van der Waals surface area contributed by atoms with Gasteiger partial charge in [0.05, 0.1) is 41.8 Å². The summed E-state index contributed by atoms with van der Waals surface area (Å²) < 4.78 is 46.3. The van der Waals surface area contributed by atoms with E-state index < -0.39 is 21.6 Å². The Labute approximate surface area is 185 Å². The van der Waals surface area contributed by atoms with Gasteiger partial charge >= 0.3 is 0 Å². The Morgan fingerprint density at radius 2 is 1.94 bits per heavy atom. The molecule has 8 nitrogen and oxygen atoms in total. The molecule has 32 heavy (non-hydrogen) atoms. The lowest BCUT2D eigenvalue weighted by atomic mass is 10.0. The zero-order valence-electron chi connectivity index (χ0n) is 17.5. The van der Waals surface area contributed by atoms with Gasteiger partial charge in [-0.25, -0.2) is 17.8 Å². The molecule has 0 aliphatic carbocycles. The van der Waals surface area contributed by atoms with Crippen LogP contribution in [0.15, 0.2) is 42.6 Å². The molecular formula is C22H23FN4O4S. The third kappa shape index (κ3) is 4.86. The second-order valence-electron chi connectivity index (χ2n) is 7.48. The second kappa shape index (κ2) is 9.17. The van der Waals surface area contributed by atoms with Crippen molar-refractivity contribution in [3.63, 3.8) is 0 Å². The van der Waals surface area contributed by atoms with Crippen LogP contribution in [0.1, 0.15) is 29.3 Å². The molecule has 0 radical (unpaired) electrons. The van der Waals surface area contributed by atoms with E-state index in [9.17, 15) is 17.6 Å². The van der Waals surface area contributed by atoms with Crippen LogP contribution in [0, 0.1) is 5.82 Å². The van der Waals surface area contributed by atoms with Gasteiger partial charge in [-0.1, -0.05) is 6.92 Å². The van der Waals surface area contributed by atoms with Gasteiger partial charge in [0, 0.05) is 24.3 Å². The average Bonchev–Trinajstić information content (AvgIpc) is 2.79. The number of hydrogen-bond donors (Lipinski definition) is 1. The largest absolute Gasteiger partial charge is 0.378 e. The standard InChI is InChI=1S/C22H23FN4O4S/c1-2-11-32(29,30)26-16-4-5-18(23)17(13-16)22(28)15-3-6-19-20(12-15)25-21(14-24-19)27-7-9-31-10-8-27/h3-6,12-14,26H,2,7-11H2,1H3. The minimum absolute atomic E-state index is 0.0670. The van der Waals surface area contributed by atoms with E-state index in [4.69, 9.17) is 4.74 Å². The maximum Gasteiger partial charge on any atom is 0.232 e. The van der Waals surface area contributed by atoms with E-state index in [1.165, 1.54) is 12.1 Å². The molecule has 0 amide bonds. The molecule has 0 spiro atoms. The molecule has 1 saturated heterocycles. The van der Waals surface area contributed by atoms with Crippen molar-refractivity contribution in [2.24, 2.45) is 0 Å². The number of carbonyl (C=O) groups is 1. The number of ether oxygens (including phenoxy) is 1. The van der Waals surface area contributed by atoms with Crippen LogP contribution in [-0.2, 0) is 14.8 Å². The summed E-state index contributed by atoms with van der Waals surface area (Å²) in [6, 6.07) is 8.37. The van der Waals surface area contributed by atoms with E-state index in [-0.39, 0.29) is 22.6 Å². The van der Waals surface area contributed by atoms with Crippen LogP contribution < -0.4 is 9.62 Å². The van der Waals surface area contributed by atoms with Crippen molar-refractivity contribution in [3.8, 4) is 0 Å². The summed E-state index contributed by atoms with van der Waals surface area (Å²) in [6.07, 6.45) is 2.12. The van der Waals surface area contributed by atoms with E-state index >= 15 is 0 Å². The molecule has 4 rings (SSSR count). The number of halogens is 1. The Bertz CT molecular complexity index is 1260. The molecule has 1 aliphatic heterocycles. The van der Waals surface area contributed by atoms with Crippen molar-refractivity contribution in [2.75, 3.05) is 41.7 Å². The van der Waals surface area contributed by atoms with Gasteiger partial charge in [-0.2, -0.15) is 0 Å². The fraction of sp³-hybridized carbons (Fsp3) is 0.318. The average molecular weight is 459 g/mol. The molecule has 0 saturated carbocycles. The second-order valence-corrected chi connectivity index (χ2v) is 9.32. The van der Waals surface area contributed by atoms with Crippen LogP contribution in [0.2, 0.25) is 0 Å². The van der Waals surface area contributed by atoms with Crippen LogP contribution >= 0.6 is 0 Å². The Hall–Kier alpha value is -3.11. The van der Waals surface area contributed by atoms with Crippen molar-refractivity contribution in [1.29, 1.82) is 0 Å². The topological polar surface area (TPSA) is 101 Å². The number of nitrogens with zero attached hydrogens (tertiary/aromatic N) is 3. The van der Waals surface area contributed by atoms with E-state index in [0.717, 1.165) is 6.07 Å². The molecule has 1 fully saturated rings. The number of benzene rings is 2. The summed E-state index contributed by atoms with van der Waals surface area (Å²) in [6.45, 7) is 4.35. The Kier molecular flexibility index (Phi) is 6.33. The molecule has 0 bridgehead atoms. The first-order chi connectivity index (χ1) is 15.4. The number of fused-ring (bicyclic) bond motifs is 1. The van der Waals surface area contributed by atoms with Gasteiger partial charge in [-0.15, -0.1) is 0 Å². The maximum absolute atomic E-state index is 14.5. The lowest BCUT2D eigenvalue weighted by molar-refractivity contribution is 0.103. The summed E-state index contributed by atoms with van der Waals surface area (Å²) in [7, 11) is -3.56. The van der Waals surface area contributed by atoms with Crippen molar-refractivity contribution in [1.82, 2.24) is 9.97 Å². The van der Waals surface area contributed by atoms with E-state index in [1.807, 2.05) is 0 Å². The van der Waals surface area contributed by atoms with Gasteiger partial charge < -0.3 is 9.64 Å². The van der Waals surface area contributed by atoms with Gasteiger partial charge in [0.25, 0.3) is 0 Å². The van der Waals surface area contributed by atoms with Crippen molar-refractivity contribution in [2.45, 2.75) is 13.3 Å². The highest BCUT2D eigenvalue weighted by Crippen LogP contribution is 2.23. The third-order valence-electron chi connectivity index (χ3n) is 5.08. The molecule has 0 atom stereocenters. The molecular weight excluding hydrogens is 435 g/mol. The molecule has 1 aromatic heterocycles. The molecule has 1 aliphatic rings. The molecule has 168 valence electrons. The summed E-state index contributed by atoms with van der Waals surface area (Å²) in [4.78, 5) is 24.1. The number of morpholine rings is 1. The van der Waals surface area contributed by atoms with Crippen LogP contribution in [0.5, 0.6) is 0 Å². The smallest absolute Gasteiger partial charge is 0.232 e. The monoisotopic (exact) mass is 458 g/mol. The quantitative estimate of drug-likeness (QED) is 0.543. The maximum atomic E-state index is 14.5. The molecule has 3 aromatic rings. The number of sulfonamides is 1. The van der Waals surface area contributed by atoms with E-state index in [1.54, 1.807) is 31.3 Å². The summed E-state index contributed by atoms with van der Waals surface area (Å²) in [5.41, 5.74) is 1.27. The lowest BCUT2D eigenvalue weighted by Crippen LogP contribution is -2.36. The normalized spacial score (nSPS) is 14.5. The zero-order valence-corrected chi connectivity index (χ0v) is 18.4. The first-order valence-corrected chi connectivity index (χ1v) is 12.0. The first-order valence-electron chi connectivity index (χ1n) is 10.3. The van der Waals surface area contributed by atoms with Crippen molar-refractivity contribution >= 4 is 38.3 Å². The van der Waals surface area contributed by atoms with Gasteiger partial charge in [0.1, 0.15) is 11.6 Å². The van der Waals surface area contributed by atoms with Gasteiger partial charge in [0.2, 0.25) is 10.0 Å². The number of hydrogen-bond acceptors (Lipinski definition) is 7. The van der Waals surface area contributed by atoms with Crippen LogP contribution in [0.25, 0.3) is 11.0 Å². The number of rotatable bonds is 7. The third-order valence-corrected chi connectivity index (χ3v) is 6.58. The van der Waals surface area contributed by atoms with Gasteiger partial charge in [-0.3, -0.25) is 14.5 Å². The minimum Gasteiger partial charge on any atom is -0.378 e. The SMILES string of the molecule is CCCS(=O)(=O)Nc1ccc(F)c(C(=O)c2ccc3ncc(N4CCOCC4)nc3c2)c1. The van der Waals surface area contributed by atoms with E-state index in [0.29, 0.717) is 49.6 Å². The zero-order chi connectivity index (χ0) is 22.7. The van der Waals surface area contributed by atoms with E-state index in [2.05, 4.69) is 19.6 Å². The van der Waals surface area contributed by atoms with Crippen LogP contribution in [0.3, 0.4) is 0 Å². The predicted molar refractivity (Wildman–Crippen MR) is 120 cm³/mol. The Morgan fingerprint density at radius 1 is 1.16 bits per heavy atom. The fourth-order valence-electron chi connectivity index (χ4n) is 3.51. The van der Waals surface area contributed by atoms with Gasteiger partial charge in [-0.05, 0) is 42.8 Å². The van der Waals surface area contributed by atoms with Crippen molar-refractivity contribution < 1.29 is 22.3 Å². The number of aromatic nitrogens is 2. The summed E-state index contributed by atoms with van der Waals surface area (Å²) >= 11 is 0. The highest BCUT2D eigenvalue weighted by Gasteiger charge is 2.19. The minimum atomic E-state index is -3.56. The number of anilines is 2. The molecule has 2 heterocycles. The Balaban J connectivity index is 1.65. The predicted octanol–water partition coefficient (Wildman–Crippen LogP) is 2.99. The van der Waals surface area contributed by atoms with Crippen LogP contribution in [0.4, 0.5) is 15.9 Å². The van der Waals surface area contributed by atoms with Crippen molar-refractivity contribution in [3.05, 3.63) is 59.5 Å². The van der Waals surface area contributed by atoms with Gasteiger partial charge in [0.15, 0.2) is 5.78 Å². The number of nitrogens with one attached hydrogen (secondary N) is 1. The number of ketones is 1. The first kappa shape index (κ1) is 22.1. The molecule has 1 N–H and O–H groups in total. The van der Waals surface area contributed by atoms with Crippen LogP contribution in [-0.4, -0.2) is 56.2 Å². The highest BCUT2D eigenvalue weighted by molar-refractivity contribution is 7.92. The Morgan fingerprint density at radius 3 is 2.69 bits per heavy atom.